The molecule has 0 N–H and O–H groups in total. The van der Waals surface area contributed by atoms with Gasteiger partial charge in [0.1, 0.15) is 17.2 Å². The van der Waals surface area contributed by atoms with Gasteiger partial charge in [-0.15, -0.1) is 0 Å². The molecule has 2 aromatic carbocycles. The molecule has 0 saturated carbocycles. The summed E-state index contributed by atoms with van der Waals surface area (Å²) in [5.74, 6) is 1.88. The van der Waals surface area contributed by atoms with Crippen molar-refractivity contribution in [3.8, 4) is 28.4 Å². The Morgan fingerprint density at radius 2 is 1.57 bits per heavy atom. The highest BCUT2D eigenvalue weighted by Gasteiger charge is 2.19. The number of benzene rings is 2. The first-order valence-corrected chi connectivity index (χ1v) is 9.03. The van der Waals surface area contributed by atoms with E-state index >= 15 is 0 Å². The maximum absolute atomic E-state index is 13.4. The van der Waals surface area contributed by atoms with Gasteiger partial charge in [-0.25, -0.2) is 0 Å². The number of ether oxygens (including phenoxy) is 3. The van der Waals surface area contributed by atoms with E-state index < -0.39 is 0 Å². The smallest absolute Gasteiger partial charge is 0.200 e. The first-order chi connectivity index (χ1) is 13.4. The average Bonchev–Trinajstić information content (AvgIpc) is 2.72. The maximum Gasteiger partial charge on any atom is 0.200 e. The van der Waals surface area contributed by atoms with Crippen LogP contribution in [0.2, 0.25) is 0 Å². The average molecular weight is 382 g/mol. The van der Waals surface area contributed by atoms with E-state index in [-0.39, 0.29) is 11.6 Å². The summed E-state index contributed by atoms with van der Waals surface area (Å²) < 4.78 is 18.3. The zero-order chi connectivity index (χ0) is 20.4. The Hall–Kier alpha value is -2.99. The number of hydrogen-bond acceptors (Lipinski definition) is 5. The van der Waals surface area contributed by atoms with E-state index in [1.54, 1.807) is 27.4 Å². The SMILES string of the molecule is COc1ccc(-c2cn(C(C)N(C)C)c3cc(OC)cc(OC)c3c2=O)cc1. The molecular weight excluding hydrogens is 356 g/mol. The largest absolute Gasteiger partial charge is 0.497 e. The molecule has 0 aliphatic carbocycles. The fraction of sp³-hybridized carbons (Fsp3) is 0.318. The molecule has 0 radical (unpaired) electrons. The summed E-state index contributed by atoms with van der Waals surface area (Å²) in [4.78, 5) is 15.5. The van der Waals surface area contributed by atoms with Crippen molar-refractivity contribution in [3.63, 3.8) is 0 Å². The summed E-state index contributed by atoms with van der Waals surface area (Å²) in [5.41, 5.74) is 2.11. The molecule has 0 spiro atoms. The van der Waals surface area contributed by atoms with Crippen LogP contribution >= 0.6 is 0 Å². The molecular formula is C22H26N2O4. The predicted molar refractivity (Wildman–Crippen MR) is 112 cm³/mol. The molecule has 1 unspecified atom stereocenters. The fourth-order valence-corrected chi connectivity index (χ4v) is 3.22. The van der Waals surface area contributed by atoms with Gasteiger partial charge in [-0.05, 0) is 38.7 Å². The normalized spacial score (nSPS) is 12.2. The van der Waals surface area contributed by atoms with Gasteiger partial charge >= 0.3 is 0 Å². The molecule has 148 valence electrons. The topological polar surface area (TPSA) is 52.9 Å². The van der Waals surface area contributed by atoms with E-state index in [1.165, 1.54) is 0 Å². The minimum absolute atomic E-state index is 0.0110. The lowest BCUT2D eigenvalue weighted by Gasteiger charge is -2.26. The van der Waals surface area contributed by atoms with Crippen molar-refractivity contribution in [1.82, 2.24) is 9.47 Å². The van der Waals surface area contributed by atoms with Crippen LogP contribution in [0.5, 0.6) is 17.2 Å². The van der Waals surface area contributed by atoms with Gasteiger partial charge in [-0.2, -0.15) is 0 Å². The number of methoxy groups -OCH3 is 3. The van der Waals surface area contributed by atoms with Crippen LogP contribution in [0.1, 0.15) is 13.1 Å². The van der Waals surface area contributed by atoms with Gasteiger partial charge in [0.25, 0.3) is 0 Å². The van der Waals surface area contributed by atoms with Crippen molar-refractivity contribution in [2.45, 2.75) is 13.1 Å². The molecule has 3 rings (SSSR count). The Bertz CT molecular complexity index is 1040. The van der Waals surface area contributed by atoms with Gasteiger partial charge in [0.15, 0.2) is 0 Å². The third kappa shape index (κ3) is 3.43. The second kappa shape index (κ2) is 7.94. The second-order valence-corrected chi connectivity index (χ2v) is 6.83. The van der Waals surface area contributed by atoms with Gasteiger partial charge in [-0.3, -0.25) is 9.69 Å². The molecule has 0 bridgehead atoms. The molecule has 6 nitrogen and oxygen atoms in total. The third-order valence-electron chi connectivity index (χ3n) is 5.08. The van der Waals surface area contributed by atoms with Gasteiger partial charge in [-0.1, -0.05) is 12.1 Å². The van der Waals surface area contributed by atoms with Crippen molar-refractivity contribution in [2.24, 2.45) is 0 Å². The van der Waals surface area contributed by atoms with Crippen LogP contribution in [-0.2, 0) is 0 Å². The van der Waals surface area contributed by atoms with E-state index in [0.717, 1.165) is 16.8 Å². The monoisotopic (exact) mass is 382 g/mol. The van der Waals surface area contributed by atoms with E-state index in [2.05, 4.69) is 16.4 Å². The number of nitrogens with zero attached hydrogens (tertiary/aromatic N) is 2. The summed E-state index contributed by atoms with van der Waals surface area (Å²) in [6.45, 7) is 2.08. The number of fused-ring (bicyclic) bond motifs is 1. The van der Waals surface area contributed by atoms with Gasteiger partial charge in [0.05, 0.1) is 38.4 Å². The molecule has 6 heteroatoms. The number of hydrogen-bond donors (Lipinski definition) is 0. The van der Waals surface area contributed by atoms with Crippen LogP contribution in [0, 0.1) is 0 Å². The number of pyridine rings is 1. The van der Waals surface area contributed by atoms with Crippen LogP contribution in [0.15, 0.2) is 47.4 Å². The van der Waals surface area contributed by atoms with E-state index in [1.807, 2.05) is 50.6 Å². The number of rotatable bonds is 6. The van der Waals surface area contributed by atoms with Gasteiger partial charge in [0.2, 0.25) is 5.43 Å². The Balaban J connectivity index is 2.39. The quantitative estimate of drug-likeness (QED) is 0.650. The van der Waals surface area contributed by atoms with Crippen LogP contribution in [0.25, 0.3) is 22.0 Å². The van der Waals surface area contributed by atoms with E-state index in [9.17, 15) is 4.79 Å². The zero-order valence-electron chi connectivity index (χ0n) is 17.1. The molecule has 28 heavy (non-hydrogen) atoms. The lowest BCUT2D eigenvalue weighted by molar-refractivity contribution is 0.243. The first kappa shape index (κ1) is 19.8. The van der Waals surface area contributed by atoms with Crippen molar-refractivity contribution < 1.29 is 14.2 Å². The van der Waals surface area contributed by atoms with Crippen molar-refractivity contribution in [2.75, 3.05) is 35.4 Å². The summed E-state index contributed by atoms with van der Waals surface area (Å²) in [6, 6.07) is 11.1. The summed E-state index contributed by atoms with van der Waals surface area (Å²) in [5, 5.41) is 0.533. The lowest BCUT2D eigenvalue weighted by atomic mass is 10.0. The number of aromatic nitrogens is 1. The highest BCUT2D eigenvalue weighted by atomic mass is 16.5. The molecule has 1 heterocycles. The fourth-order valence-electron chi connectivity index (χ4n) is 3.22. The highest BCUT2D eigenvalue weighted by molar-refractivity contribution is 5.90. The Kier molecular flexibility index (Phi) is 5.61. The minimum Gasteiger partial charge on any atom is -0.497 e. The zero-order valence-corrected chi connectivity index (χ0v) is 17.1. The molecule has 3 aromatic rings. The standard InChI is InChI=1S/C22H26N2O4/c1-14(23(2)3)24-13-18(15-7-9-16(26-4)10-8-15)22(25)21-19(24)11-17(27-5)12-20(21)28-6/h7-14H,1-6H3. The predicted octanol–water partition coefficient (Wildman–Crippen LogP) is 3.77. The molecule has 0 amide bonds. The van der Waals surface area contributed by atoms with Crippen LogP contribution < -0.4 is 19.6 Å². The first-order valence-electron chi connectivity index (χ1n) is 9.03. The maximum atomic E-state index is 13.4. The Labute approximate surface area is 164 Å². The molecule has 0 aliphatic heterocycles. The van der Waals surface area contributed by atoms with Crippen LogP contribution in [0.4, 0.5) is 0 Å². The summed E-state index contributed by atoms with van der Waals surface area (Å²) >= 11 is 0. The molecule has 0 fully saturated rings. The third-order valence-corrected chi connectivity index (χ3v) is 5.08. The van der Waals surface area contributed by atoms with E-state index in [4.69, 9.17) is 14.2 Å². The molecule has 0 saturated heterocycles. The lowest BCUT2D eigenvalue weighted by Crippen LogP contribution is -2.25. The summed E-state index contributed by atoms with van der Waals surface area (Å²) in [6.07, 6.45) is 1.91. The molecule has 0 aliphatic rings. The van der Waals surface area contributed by atoms with Crippen LogP contribution in [0.3, 0.4) is 0 Å². The van der Waals surface area contributed by atoms with Gasteiger partial charge < -0.3 is 18.8 Å². The van der Waals surface area contributed by atoms with Crippen LogP contribution in [-0.4, -0.2) is 44.9 Å². The Morgan fingerprint density at radius 3 is 2.11 bits per heavy atom. The van der Waals surface area contributed by atoms with Crippen molar-refractivity contribution in [1.29, 1.82) is 0 Å². The van der Waals surface area contributed by atoms with Crippen molar-refractivity contribution in [3.05, 3.63) is 52.8 Å². The molecule has 1 aromatic heterocycles. The Morgan fingerprint density at radius 1 is 0.929 bits per heavy atom. The highest BCUT2D eigenvalue weighted by Crippen LogP contribution is 2.33. The molecule has 1 atom stereocenters. The van der Waals surface area contributed by atoms with E-state index in [0.29, 0.717) is 22.4 Å². The van der Waals surface area contributed by atoms with Crippen molar-refractivity contribution >= 4 is 10.9 Å². The summed E-state index contributed by atoms with van der Waals surface area (Å²) in [7, 11) is 8.78. The minimum atomic E-state index is -0.0816. The van der Waals surface area contributed by atoms with Gasteiger partial charge in [0, 0.05) is 23.9 Å². The second-order valence-electron chi connectivity index (χ2n) is 6.83.